The van der Waals surface area contributed by atoms with Crippen molar-refractivity contribution in [2.45, 2.75) is 25.8 Å². The summed E-state index contributed by atoms with van der Waals surface area (Å²) in [4.78, 5) is 0. The molecule has 1 aromatic rings. The molecule has 0 aliphatic heterocycles. The van der Waals surface area contributed by atoms with E-state index >= 15 is 0 Å². The minimum absolute atomic E-state index is 0.150. The second-order valence-electron chi connectivity index (χ2n) is 3.15. The van der Waals surface area contributed by atoms with E-state index in [2.05, 4.69) is 28.0 Å². The van der Waals surface area contributed by atoms with Gasteiger partial charge in [0.15, 0.2) is 0 Å². The molecule has 3 nitrogen and oxygen atoms in total. The molecule has 0 saturated carbocycles. The summed E-state index contributed by atoms with van der Waals surface area (Å²) in [6, 6.07) is 0.150. The highest BCUT2D eigenvalue weighted by molar-refractivity contribution is 9.10. The SMILES string of the molecule is CC(N)C(C)c1c(Br)cnn1C. The predicted octanol–water partition coefficient (Wildman–Crippen LogP) is 1.63. The normalized spacial score (nSPS) is 16.1. The zero-order valence-electron chi connectivity index (χ0n) is 7.58. The molecule has 1 heterocycles. The van der Waals surface area contributed by atoms with E-state index in [4.69, 9.17) is 5.73 Å². The molecule has 2 atom stereocenters. The van der Waals surface area contributed by atoms with Gasteiger partial charge in [-0.15, -0.1) is 0 Å². The van der Waals surface area contributed by atoms with Crippen LogP contribution in [0.3, 0.4) is 0 Å². The van der Waals surface area contributed by atoms with Crippen LogP contribution in [0.2, 0.25) is 0 Å². The third-order valence-corrected chi connectivity index (χ3v) is 2.77. The van der Waals surface area contributed by atoms with E-state index in [9.17, 15) is 0 Å². The highest BCUT2D eigenvalue weighted by atomic mass is 79.9. The van der Waals surface area contributed by atoms with Crippen LogP contribution in [0.25, 0.3) is 0 Å². The Balaban J connectivity index is 3.00. The number of nitrogens with two attached hydrogens (primary N) is 1. The topological polar surface area (TPSA) is 43.8 Å². The predicted molar refractivity (Wildman–Crippen MR) is 53.0 cm³/mol. The largest absolute Gasteiger partial charge is 0.327 e. The van der Waals surface area contributed by atoms with Crippen LogP contribution >= 0.6 is 15.9 Å². The minimum atomic E-state index is 0.150. The monoisotopic (exact) mass is 231 g/mol. The van der Waals surface area contributed by atoms with Gasteiger partial charge in [-0.05, 0) is 22.9 Å². The quantitative estimate of drug-likeness (QED) is 0.842. The third-order valence-electron chi connectivity index (χ3n) is 2.16. The van der Waals surface area contributed by atoms with Crippen molar-refractivity contribution < 1.29 is 0 Å². The van der Waals surface area contributed by atoms with E-state index in [0.29, 0.717) is 5.92 Å². The highest BCUT2D eigenvalue weighted by Crippen LogP contribution is 2.25. The Hall–Kier alpha value is -0.350. The maximum Gasteiger partial charge on any atom is 0.0635 e. The summed E-state index contributed by atoms with van der Waals surface area (Å²) in [5, 5.41) is 4.13. The molecule has 0 bridgehead atoms. The molecule has 1 aromatic heterocycles. The zero-order valence-corrected chi connectivity index (χ0v) is 9.17. The zero-order chi connectivity index (χ0) is 9.30. The Kier molecular flexibility index (Phi) is 2.90. The van der Waals surface area contributed by atoms with Crippen molar-refractivity contribution >= 4 is 15.9 Å². The van der Waals surface area contributed by atoms with Crippen molar-refractivity contribution in [2.75, 3.05) is 0 Å². The molecule has 0 aromatic carbocycles. The van der Waals surface area contributed by atoms with Crippen molar-refractivity contribution in [3.05, 3.63) is 16.4 Å². The summed E-state index contributed by atoms with van der Waals surface area (Å²) >= 11 is 3.45. The molecular weight excluding hydrogens is 218 g/mol. The summed E-state index contributed by atoms with van der Waals surface area (Å²) in [6.07, 6.45) is 1.80. The molecule has 12 heavy (non-hydrogen) atoms. The lowest BCUT2D eigenvalue weighted by Crippen LogP contribution is -2.24. The van der Waals surface area contributed by atoms with Crippen LogP contribution in [-0.4, -0.2) is 15.8 Å². The lowest BCUT2D eigenvalue weighted by Gasteiger charge is -2.16. The number of hydrogen-bond acceptors (Lipinski definition) is 2. The van der Waals surface area contributed by atoms with E-state index in [1.165, 1.54) is 0 Å². The van der Waals surface area contributed by atoms with Gasteiger partial charge >= 0.3 is 0 Å². The number of nitrogens with zero attached hydrogens (tertiary/aromatic N) is 2. The Morgan fingerprint density at radius 1 is 1.58 bits per heavy atom. The first-order valence-electron chi connectivity index (χ1n) is 3.97. The number of halogens is 1. The van der Waals surface area contributed by atoms with Crippen molar-refractivity contribution in [2.24, 2.45) is 12.8 Å². The lowest BCUT2D eigenvalue weighted by atomic mass is 10.0. The average molecular weight is 232 g/mol. The second kappa shape index (κ2) is 3.58. The van der Waals surface area contributed by atoms with Crippen molar-refractivity contribution in [3.63, 3.8) is 0 Å². The van der Waals surface area contributed by atoms with Gasteiger partial charge in [-0.25, -0.2) is 0 Å². The molecule has 0 fully saturated rings. The van der Waals surface area contributed by atoms with E-state index in [-0.39, 0.29) is 6.04 Å². The summed E-state index contributed by atoms with van der Waals surface area (Å²) in [7, 11) is 1.93. The molecule has 0 aliphatic rings. The van der Waals surface area contributed by atoms with Crippen molar-refractivity contribution in [1.29, 1.82) is 0 Å². The first kappa shape index (κ1) is 9.74. The number of aryl methyl sites for hydroxylation is 1. The molecule has 0 saturated heterocycles. The average Bonchev–Trinajstić information content (AvgIpc) is 2.30. The van der Waals surface area contributed by atoms with Gasteiger partial charge in [0, 0.05) is 19.0 Å². The molecule has 0 radical (unpaired) electrons. The van der Waals surface area contributed by atoms with Crippen LogP contribution in [-0.2, 0) is 7.05 Å². The van der Waals surface area contributed by atoms with Gasteiger partial charge < -0.3 is 5.73 Å². The molecule has 0 spiro atoms. The summed E-state index contributed by atoms with van der Waals surface area (Å²) in [6.45, 7) is 4.11. The maximum absolute atomic E-state index is 5.80. The van der Waals surface area contributed by atoms with Crippen LogP contribution in [0.4, 0.5) is 0 Å². The van der Waals surface area contributed by atoms with Gasteiger partial charge in [-0.1, -0.05) is 6.92 Å². The molecule has 0 amide bonds. The number of aromatic nitrogens is 2. The first-order valence-corrected chi connectivity index (χ1v) is 4.76. The van der Waals surface area contributed by atoms with Crippen molar-refractivity contribution in [3.8, 4) is 0 Å². The number of hydrogen-bond donors (Lipinski definition) is 1. The molecular formula is C8H14BrN3. The smallest absolute Gasteiger partial charge is 0.0635 e. The first-order chi connectivity index (χ1) is 5.54. The van der Waals surface area contributed by atoms with Crippen LogP contribution < -0.4 is 5.73 Å². The summed E-state index contributed by atoms with van der Waals surface area (Å²) < 4.78 is 2.90. The Morgan fingerprint density at radius 2 is 2.17 bits per heavy atom. The van der Waals surface area contributed by atoms with Gasteiger partial charge in [0.1, 0.15) is 0 Å². The minimum Gasteiger partial charge on any atom is -0.327 e. The van der Waals surface area contributed by atoms with Gasteiger partial charge in [0.05, 0.1) is 16.4 Å². The van der Waals surface area contributed by atoms with Crippen LogP contribution in [0, 0.1) is 0 Å². The molecule has 2 unspecified atom stereocenters. The van der Waals surface area contributed by atoms with E-state index in [1.54, 1.807) is 6.20 Å². The molecule has 0 aliphatic carbocycles. The van der Waals surface area contributed by atoms with Crippen molar-refractivity contribution in [1.82, 2.24) is 9.78 Å². The second-order valence-corrected chi connectivity index (χ2v) is 4.00. The van der Waals surface area contributed by atoms with Gasteiger partial charge in [-0.3, -0.25) is 4.68 Å². The molecule has 4 heteroatoms. The third kappa shape index (κ3) is 1.69. The molecule has 68 valence electrons. The van der Waals surface area contributed by atoms with Gasteiger partial charge in [0.25, 0.3) is 0 Å². The van der Waals surface area contributed by atoms with E-state index < -0.39 is 0 Å². The standard InChI is InChI=1S/C8H14BrN3/c1-5(6(2)10)8-7(9)4-11-12(8)3/h4-6H,10H2,1-3H3. The van der Waals surface area contributed by atoms with E-state index in [1.807, 2.05) is 18.7 Å². The van der Waals surface area contributed by atoms with Gasteiger partial charge in [-0.2, -0.15) is 5.10 Å². The molecule has 1 rings (SSSR count). The maximum atomic E-state index is 5.80. The van der Waals surface area contributed by atoms with Crippen LogP contribution in [0.1, 0.15) is 25.5 Å². The molecule has 2 N–H and O–H groups in total. The lowest BCUT2D eigenvalue weighted by molar-refractivity contribution is 0.557. The van der Waals surface area contributed by atoms with Crippen LogP contribution in [0.5, 0.6) is 0 Å². The summed E-state index contributed by atoms with van der Waals surface area (Å²) in [5.41, 5.74) is 6.96. The fourth-order valence-electron chi connectivity index (χ4n) is 1.18. The fourth-order valence-corrected chi connectivity index (χ4v) is 1.89. The summed E-state index contributed by atoms with van der Waals surface area (Å²) in [5.74, 6) is 0.326. The van der Waals surface area contributed by atoms with E-state index in [0.717, 1.165) is 10.2 Å². The Labute approximate surface area is 81.1 Å². The van der Waals surface area contributed by atoms with Crippen LogP contribution in [0.15, 0.2) is 10.7 Å². The highest BCUT2D eigenvalue weighted by Gasteiger charge is 2.17. The Bertz CT molecular complexity index is 248. The fraction of sp³-hybridized carbons (Fsp3) is 0.625. The van der Waals surface area contributed by atoms with Gasteiger partial charge in [0.2, 0.25) is 0 Å². The Morgan fingerprint density at radius 3 is 2.50 bits per heavy atom. The number of rotatable bonds is 2.